The minimum atomic E-state index is -0.355. The van der Waals surface area contributed by atoms with E-state index in [-0.39, 0.29) is 35.4 Å². The summed E-state index contributed by atoms with van der Waals surface area (Å²) in [4.78, 5) is 14.4. The predicted molar refractivity (Wildman–Crippen MR) is 166 cm³/mol. The highest BCUT2D eigenvalue weighted by molar-refractivity contribution is 6.17. The van der Waals surface area contributed by atoms with E-state index in [0.29, 0.717) is 30.6 Å². The van der Waals surface area contributed by atoms with Crippen LogP contribution in [0.15, 0.2) is 65.8 Å². The number of phenolic OH excluding ortho intramolecular Hbond substituents is 2. The molecule has 1 aliphatic rings. The highest BCUT2D eigenvalue weighted by atomic mass is 16.5. The quantitative estimate of drug-likeness (QED) is 0.296. The predicted octanol–water partition coefficient (Wildman–Crippen LogP) is 8.75. The number of ether oxygens (including phenoxy) is 1. The van der Waals surface area contributed by atoms with Gasteiger partial charge in [0.25, 0.3) is 0 Å². The van der Waals surface area contributed by atoms with Crippen LogP contribution in [0.4, 0.5) is 0 Å². The maximum atomic E-state index is 14.4. The molecule has 4 heteroatoms. The van der Waals surface area contributed by atoms with Crippen molar-refractivity contribution >= 4 is 5.78 Å². The minimum absolute atomic E-state index is 0.00772. The lowest BCUT2D eigenvalue weighted by Crippen LogP contribution is -2.24. The van der Waals surface area contributed by atoms with E-state index in [1.54, 1.807) is 6.08 Å². The Morgan fingerprint density at radius 3 is 1.93 bits per heavy atom. The molecule has 0 spiro atoms. The molecule has 0 saturated carbocycles. The zero-order valence-electron chi connectivity index (χ0n) is 25.4. The van der Waals surface area contributed by atoms with Gasteiger partial charge in [-0.1, -0.05) is 59.8 Å². The van der Waals surface area contributed by atoms with Crippen LogP contribution >= 0.6 is 0 Å². The van der Waals surface area contributed by atoms with Crippen LogP contribution in [0.1, 0.15) is 104 Å². The van der Waals surface area contributed by atoms with Gasteiger partial charge in [-0.15, -0.1) is 0 Å². The fourth-order valence-corrected chi connectivity index (χ4v) is 5.42. The van der Waals surface area contributed by atoms with Gasteiger partial charge in [0.2, 0.25) is 5.78 Å². The molecule has 3 rings (SSSR count). The van der Waals surface area contributed by atoms with Crippen LogP contribution in [0.5, 0.6) is 17.2 Å². The Morgan fingerprint density at radius 2 is 1.40 bits per heavy atom. The highest BCUT2D eigenvalue weighted by Gasteiger charge is 2.40. The molecule has 212 valence electrons. The monoisotopic (exact) mass is 540 g/mol. The summed E-state index contributed by atoms with van der Waals surface area (Å²) in [6.45, 7) is 20.3. The van der Waals surface area contributed by atoms with Crippen molar-refractivity contribution in [2.24, 2.45) is 0 Å². The molecule has 0 saturated heterocycles. The number of allylic oxidation sites excluding steroid dienone is 8. The van der Waals surface area contributed by atoms with E-state index >= 15 is 0 Å². The van der Waals surface area contributed by atoms with Gasteiger partial charge in [0, 0.05) is 23.1 Å². The number of rotatable bonds is 10. The molecule has 4 nitrogen and oxygen atoms in total. The first-order valence-electron chi connectivity index (χ1n) is 14.0. The lowest BCUT2D eigenvalue weighted by molar-refractivity contribution is 0.102. The van der Waals surface area contributed by atoms with Crippen LogP contribution in [0.2, 0.25) is 0 Å². The van der Waals surface area contributed by atoms with Crippen molar-refractivity contribution < 1.29 is 19.7 Å². The Balaban J connectivity index is 2.52. The van der Waals surface area contributed by atoms with Crippen LogP contribution in [0, 0.1) is 6.92 Å². The van der Waals surface area contributed by atoms with Gasteiger partial charge in [-0.3, -0.25) is 4.79 Å². The summed E-state index contributed by atoms with van der Waals surface area (Å²) in [5, 5.41) is 23.0. The number of benzene rings is 2. The third-order valence-corrected chi connectivity index (χ3v) is 7.40. The Hall–Kier alpha value is -3.79. The Labute approximate surface area is 240 Å². The molecule has 1 atom stereocenters. The standard InChI is InChI=1S/C36H44O4/c1-10-12-28-31-25(16-13-21(3)4)24(9)26(17-14-22(5)6)35(38)34(31)36(39)33-29(37)20-30(40-19-11-2)27(32(28)33)18-15-23(7)8/h10-15,20,28,37-38H,2,16-19H2,1,3-9H3/b12-10+/t28-/m1/s1. The molecule has 0 aliphatic heterocycles. The molecular formula is C36H44O4. The van der Waals surface area contributed by atoms with Crippen molar-refractivity contribution in [2.75, 3.05) is 6.61 Å². The summed E-state index contributed by atoms with van der Waals surface area (Å²) < 4.78 is 6.04. The highest BCUT2D eigenvalue weighted by Crippen LogP contribution is 2.51. The Kier molecular flexibility index (Phi) is 10.0. The normalized spacial score (nSPS) is 13.9. The van der Waals surface area contributed by atoms with Crippen molar-refractivity contribution in [3.8, 4) is 17.2 Å². The first kappa shape index (κ1) is 30.7. The van der Waals surface area contributed by atoms with E-state index in [2.05, 4.69) is 44.7 Å². The number of carbonyl (C=O) groups is 1. The number of carbonyl (C=O) groups excluding carboxylic acids is 1. The van der Waals surface area contributed by atoms with Crippen molar-refractivity contribution in [1.82, 2.24) is 0 Å². The van der Waals surface area contributed by atoms with Gasteiger partial charge < -0.3 is 14.9 Å². The first-order valence-corrected chi connectivity index (χ1v) is 14.0. The van der Waals surface area contributed by atoms with E-state index < -0.39 is 0 Å². The van der Waals surface area contributed by atoms with Crippen molar-refractivity contribution in [3.63, 3.8) is 0 Å². The van der Waals surface area contributed by atoms with Crippen LogP contribution in [-0.4, -0.2) is 22.6 Å². The van der Waals surface area contributed by atoms with Gasteiger partial charge in [0.1, 0.15) is 23.9 Å². The summed E-state index contributed by atoms with van der Waals surface area (Å²) in [6.07, 6.45) is 13.8. The molecule has 0 heterocycles. The molecule has 0 fully saturated rings. The maximum absolute atomic E-state index is 14.4. The molecule has 0 bridgehead atoms. The van der Waals surface area contributed by atoms with Gasteiger partial charge in [-0.25, -0.2) is 0 Å². The lowest BCUT2D eigenvalue weighted by atomic mass is 9.70. The fourth-order valence-electron chi connectivity index (χ4n) is 5.42. The number of phenols is 2. The van der Waals surface area contributed by atoms with Crippen molar-refractivity contribution in [2.45, 2.75) is 80.6 Å². The summed E-state index contributed by atoms with van der Waals surface area (Å²) in [5.41, 5.74) is 9.17. The van der Waals surface area contributed by atoms with Gasteiger partial charge in [0.15, 0.2) is 0 Å². The number of aromatic hydroxyl groups is 2. The zero-order valence-corrected chi connectivity index (χ0v) is 25.4. The number of hydrogen-bond acceptors (Lipinski definition) is 4. The van der Waals surface area contributed by atoms with E-state index in [4.69, 9.17) is 4.74 Å². The first-order chi connectivity index (χ1) is 18.9. The minimum Gasteiger partial charge on any atom is -0.507 e. The average Bonchev–Trinajstić information content (AvgIpc) is 2.87. The van der Waals surface area contributed by atoms with E-state index in [1.165, 1.54) is 11.6 Å². The largest absolute Gasteiger partial charge is 0.507 e. The van der Waals surface area contributed by atoms with Gasteiger partial charge in [0.05, 0.1) is 11.1 Å². The van der Waals surface area contributed by atoms with E-state index in [9.17, 15) is 15.0 Å². The second-order valence-corrected chi connectivity index (χ2v) is 11.3. The number of fused-ring (bicyclic) bond motifs is 2. The van der Waals surface area contributed by atoms with E-state index in [1.807, 2.05) is 47.6 Å². The van der Waals surface area contributed by atoms with Crippen LogP contribution < -0.4 is 4.74 Å². The van der Waals surface area contributed by atoms with E-state index in [0.717, 1.165) is 44.5 Å². The molecule has 0 radical (unpaired) electrons. The van der Waals surface area contributed by atoms with Crippen molar-refractivity contribution in [3.05, 3.63) is 110 Å². The SMILES string of the molecule is C=CCOc1cc(O)c2c(c1CC=C(C)C)[C@H](/C=C/C)c1c(CC=C(C)C)c(C)c(CC=C(C)C)c(O)c1C2=O. The summed E-state index contributed by atoms with van der Waals surface area (Å²) in [6, 6.07) is 1.53. The second-order valence-electron chi connectivity index (χ2n) is 11.3. The third-order valence-electron chi connectivity index (χ3n) is 7.40. The molecule has 2 aromatic carbocycles. The zero-order chi connectivity index (χ0) is 29.7. The average molecular weight is 541 g/mol. The lowest BCUT2D eigenvalue weighted by Gasteiger charge is -2.33. The number of ketones is 1. The molecule has 1 aliphatic carbocycles. The Bertz CT molecular complexity index is 1430. The van der Waals surface area contributed by atoms with Gasteiger partial charge >= 0.3 is 0 Å². The topological polar surface area (TPSA) is 66.8 Å². The number of hydrogen-bond donors (Lipinski definition) is 2. The van der Waals surface area contributed by atoms with Crippen LogP contribution in [-0.2, 0) is 19.3 Å². The Morgan fingerprint density at radius 1 is 0.875 bits per heavy atom. The molecular weight excluding hydrogens is 496 g/mol. The third kappa shape index (κ3) is 6.17. The fraction of sp³-hybridized carbons (Fsp3) is 0.361. The molecule has 0 unspecified atom stereocenters. The van der Waals surface area contributed by atoms with Crippen LogP contribution in [0.25, 0.3) is 0 Å². The van der Waals surface area contributed by atoms with Crippen LogP contribution in [0.3, 0.4) is 0 Å². The van der Waals surface area contributed by atoms with Gasteiger partial charge in [-0.2, -0.15) is 0 Å². The molecule has 2 N–H and O–H groups in total. The molecule has 0 amide bonds. The second kappa shape index (κ2) is 13.0. The molecule has 2 aromatic rings. The smallest absolute Gasteiger partial charge is 0.201 e. The summed E-state index contributed by atoms with van der Waals surface area (Å²) in [5.74, 6) is -0.308. The molecule has 40 heavy (non-hydrogen) atoms. The van der Waals surface area contributed by atoms with Gasteiger partial charge in [-0.05, 0) is 96.9 Å². The summed E-state index contributed by atoms with van der Waals surface area (Å²) >= 11 is 0. The molecule has 0 aromatic heterocycles. The van der Waals surface area contributed by atoms with Crippen molar-refractivity contribution in [1.29, 1.82) is 0 Å². The summed E-state index contributed by atoms with van der Waals surface area (Å²) in [7, 11) is 0. The maximum Gasteiger partial charge on any atom is 0.201 e.